The molecule has 16 heavy (non-hydrogen) atoms. The van der Waals surface area contributed by atoms with Crippen LogP contribution < -0.4 is 0 Å². The number of carbonyl (C=O) groups excluding carboxylic acids is 2. The molecule has 0 saturated carbocycles. The molecule has 0 aromatic carbocycles. The van der Waals surface area contributed by atoms with Crippen LogP contribution in [0.4, 0.5) is 0 Å². The first-order chi connectivity index (χ1) is 7.74. The summed E-state index contributed by atoms with van der Waals surface area (Å²) < 4.78 is 4.93. The molecular weight excluding hydrogens is 319 g/mol. The highest BCUT2D eigenvalue weighted by Crippen LogP contribution is 2.13. The van der Waals surface area contributed by atoms with E-state index in [0.717, 1.165) is 24.7 Å². The Bertz CT molecular complexity index is 307. The number of allylic oxidation sites excluding steroid dienone is 2. The summed E-state index contributed by atoms with van der Waals surface area (Å²) in [4.78, 5) is 21.7. The van der Waals surface area contributed by atoms with Gasteiger partial charge in [0, 0.05) is 6.42 Å². The lowest BCUT2D eigenvalue weighted by Crippen LogP contribution is -2.18. The molecule has 0 amide bonds. The van der Waals surface area contributed by atoms with Crippen molar-refractivity contribution in [3.05, 3.63) is 23.8 Å². The van der Waals surface area contributed by atoms with Crippen molar-refractivity contribution >= 4 is 34.8 Å². The van der Waals surface area contributed by atoms with E-state index < -0.39 is 0 Å². The Balaban J connectivity index is 2.26. The van der Waals surface area contributed by atoms with E-state index in [2.05, 4.69) is 12.2 Å². The molecule has 0 spiro atoms. The summed E-state index contributed by atoms with van der Waals surface area (Å²) in [5, 5.41) is 0. The van der Waals surface area contributed by atoms with Crippen molar-refractivity contribution in [2.24, 2.45) is 0 Å². The van der Waals surface area contributed by atoms with Crippen LogP contribution in [0, 0.1) is 0 Å². The molecule has 1 aliphatic rings. The molecule has 3 nitrogen and oxygen atoms in total. The van der Waals surface area contributed by atoms with Crippen LogP contribution in [0.3, 0.4) is 0 Å². The van der Waals surface area contributed by atoms with E-state index in [1.807, 2.05) is 28.7 Å². The first kappa shape index (κ1) is 13.4. The zero-order chi connectivity index (χ0) is 11.8. The van der Waals surface area contributed by atoms with Gasteiger partial charge >= 0.3 is 5.97 Å². The topological polar surface area (TPSA) is 43.4 Å². The van der Waals surface area contributed by atoms with E-state index in [4.69, 9.17) is 4.74 Å². The molecule has 0 fully saturated rings. The minimum Gasteiger partial charge on any atom is -0.460 e. The van der Waals surface area contributed by atoms with Crippen LogP contribution in [0.1, 0.15) is 25.7 Å². The van der Waals surface area contributed by atoms with Crippen molar-refractivity contribution in [1.82, 2.24) is 0 Å². The predicted molar refractivity (Wildman–Crippen MR) is 70.5 cm³/mol. The van der Waals surface area contributed by atoms with Gasteiger partial charge in [-0.2, -0.15) is 0 Å². The van der Waals surface area contributed by atoms with Gasteiger partial charge in [-0.25, -0.2) is 0 Å². The van der Waals surface area contributed by atoms with Gasteiger partial charge in [0.2, 0.25) is 0 Å². The number of esters is 1. The van der Waals surface area contributed by atoms with Crippen LogP contribution in [0.5, 0.6) is 0 Å². The number of ether oxygens (including phenoxy) is 1. The smallest absolute Gasteiger partial charge is 0.319 e. The van der Waals surface area contributed by atoms with Crippen molar-refractivity contribution in [1.29, 1.82) is 0 Å². The third-order valence-corrected chi connectivity index (χ3v) is 3.38. The fourth-order valence-corrected chi connectivity index (χ4v) is 1.89. The third-order valence-electron chi connectivity index (χ3n) is 2.25. The highest BCUT2D eigenvalue weighted by atomic mass is 127. The molecule has 0 N–H and O–H groups in total. The van der Waals surface area contributed by atoms with Gasteiger partial charge in [-0.05, 0) is 24.8 Å². The van der Waals surface area contributed by atoms with Crippen molar-refractivity contribution in [2.75, 3.05) is 6.61 Å². The van der Waals surface area contributed by atoms with Crippen LogP contribution in [-0.4, -0.2) is 22.8 Å². The molecule has 0 aromatic rings. The van der Waals surface area contributed by atoms with Crippen LogP contribution in [0.2, 0.25) is 0 Å². The SMILES string of the molecule is O=CCCC(I)C(=O)OCC1=CCCC=C1. The summed E-state index contributed by atoms with van der Waals surface area (Å²) in [6, 6.07) is 0. The highest BCUT2D eigenvalue weighted by Gasteiger charge is 2.15. The van der Waals surface area contributed by atoms with E-state index in [-0.39, 0.29) is 9.89 Å². The minimum atomic E-state index is -0.234. The Kier molecular flexibility index (Phi) is 6.37. The van der Waals surface area contributed by atoms with E-state index >= 15 is 0 Å². The second kappa shape index (κ2) is 7.60. The summed E-state index contributed by atoms with van der Waals surface area (Å²) in [7, 11) is 0. The normalized spacial score (nSPS) is 16.4. The van der Waals surface area contributed by atoms with E-state index in [9.17, 15) is 9.59 Å². The molecular formula is C12H15IO3. The van der Waals surface area contributed by atoms with Gasteiger partial charge in [-0.3, -0.25) is 4.79 Å². The molecule has 0 radical (unpaired) electrons. The number of rotatable bonds is 6. The number of aldehydes is 1. The average Bonchev–Trinajstić information content (AvgIpc) is 2.34. The number of carbonyl (C=O) groups is 2. The molecule has 0 aliphatic heterocycles. The second-order valence-electron chi connectivity index (χ2n) is 3.58. The molecule has 1 unspecified atom stereocenters. The van der Waals surface area contributed by atoms with Gasteiger partial charge in [-0.1, -0.05) is 40.8 Å². The van der Waals surface area contributed by atoms with Crippen molar-refractivity contribution in [2.45, 2.75) is 29.6 Å². The molecule has 0 aromatic heterocycles. The van der Waals surface area contributed by atoms with E-state index in [1.165, 1.54) is 0 Å². The quantitative estimate of drug-likeness (QED) is 0.325. The Morgan fingerprint density at radius 1 is 1.56 bits per heavy atom. The molecule has 1 aliphatic carbocycles. The average molecular weight is 334 g/mol. The monoisotopic (exact) mass is 334 g/mol. The Labute approximate surface area is 109 Å². The molecule has 0 saturated heterocycles. The van der Waals surface area contributed by atoms with Gasteiger partial charge in [0.1, 0.15) is 16.8 Å². The lowest BCUT2D eigenvalue weighted by Gasteiger charge is -2.11. The number of alkyl halides is 1. The third kappa shape index (κ3) is 4.92. The maximum atomic E-state index is 11.5. The van der Waals surface area contributed by atoms with Gasteiger partial charge in [0.25, 0.3) is 0 Å². The first-order valence-electron chi connectivity index (χ1n) is 5.34. The Morgan fingerprint density at radius 3 is 3.00 bits per heavy atom. The lowest BCUT2D eigenvalue weighted by atomic mass is 10.1. The summed E-state index contributed by atoms with van der Waals surface area (Å²) in [5.74, 6) is -0.234. The van der Waals surface area contributed by atoms with Crippen LogP contribution >= 0.6 is 22.6 Å². The first-order valence-corrected chi connectivity index (χ1v) is 6.58. The highest BCUT2D eigenvalue weighted by molar-refractivity contribution is 14.1. The molecule has 88 valence electrons. The van der Waals surface area contributed by atoms with Gasteiger partial charge in [-0.15, -0.1) is 0 Å². The minimum absolute atomic E-state index is 0.226. The van der Waals surface area contributed by atoms with E-state index in [0.29, 0.717) is 19.4 Å². The summed E-state index contributed by atoms with van der Waals surface area (Å²) in [5.41, 5.74) is 1.05. The lowest BCUT2D eigenvalue weighted by molar-refractivity contribution is -0.141. The maximum Gasteiger partial charge on any atom is 0.319 e. The van der Waals surface area contributed by atoms with Gasteiger partial charge < -0.3 is 9.53 Å². The fourth-order valence-electron chi connectivity index (χ4n) is 1.35. The summed E-state index contributed by atoms with van der Waals surface area (Å²) >= 11 is 2.01. The number of hydrogen-bond acceptors (Lipinski definition) is 3. The molecule has 0 bridgehead atoms. The van der Waals surface area contributed by atoms with Gasteiger partial charge in [0.15, 0.2) is 0 Å². The van der Waals surface area contributed by atoms with Crippen LogP contribution in [0.25, 0.3) is 0 Å². The molecule has 4 heteroatoms. The number of hydrogen-bond donors (Lipinski definition) is 0. The molecule has 0 heterocycles. The van der Waals surface area contributed by atoms with Gasteiger partial charge in [0.05, 0.1) is 0 Å². The van der Waals surface area contributed by atoms with Crippen LogP contribution in [-0.2, 0) is 14.3 Å². The largest absolute Gasteiger partial charge is 0.460 e. The van der Waals surface area contributed by atoms with Crippen molar-refractivity contribution in [3.63, 3.8) is 0 Å². The second-order valence-corrected chi connectivity index (χ2v) is 5.08. The number of halogens is 1. The van der Waals surface area contributed by atoms with E-state index in [1.54, 1.807) is 0 Å². The van der Waals surface area contributed by atoms with Crippen LogP contribution in [0.15, 0.2) is 23.8 Å². The zero-order valence-corrected chi connectivity index (χ0v) is 11.2. The predicted octanol–water partition coefficient (Wildman–Crippen LogP) is 2.59. The molecule has 1 atom stereocenters. The Morgan fingerprint density at radius 2 is 2.38 bits per heavy atom. The summed E-state index contributed by atoms with van der Waals surface area (Å²) in [6.07, 6.45) is 10.0. The Hall–Kier alpha value is -0.650. The fraction of sp³-hybridized carbons (Fsp3) is 0.500. The van der Waals surface area contributed by atoms with Crippen molar-refractivity contribution < 1.29 is 14.3 Å². The molecule has 1 rings (SSSR count). The summed E-state index contributed by atoms with van der Waals surface area (Å²) in [6.45, 7) is 0.343. The maximum absolute atomic E-state index is 11.5. The van der Waals surface area contributed by atoms with Crippen molar-refractivity contribution in [3.8, 4) is 0 Å². The standard InChI is InChI=1S/C12H15IO3/c13-11(7-4-8-14)12(15)16-9-10-5-2-1-3-6-10/h2,5-6,8,11H,1,3-4,7,9H2. The zero-order valence-electron chi connectivity index (χ0n) is 9.02.